The Morgan fingerprint density at radius 2 is 1.69 bits per heavy atom. The maximum absolute atomic E-state index is 13.4. The van der Waals surface area contributed by atoms with E-state index < -0.39 is 5.41 Å². The first-order chi connectivity index (χ1) is 13.8. The van der Waals surface area contributed by atoms with E-state index >= 15 is 0 Å². The third kappa shape index (κ3) is 2.95. The van der Waals surface area contributed by atoms with Crippen LogP contribution in [0.4, 0.5) is 0 Å². The molecule has 0 aliphatic carbocycles. The highest BCUT2D eigenvalue weighted by atomic mass is 16.2. The van der Waals surface area contributed by atoms with Crippen LogP contribution in [0.2, 0.25) is 0 Å². The summed E-state index contributed by atoms with van der Waals surface area (Å²) in [6.07, 6.45) is 2.37. The van der Waals surface area contributed by atoms with Crippen molar-refractivity contribution in [3.8, 4) is 0 Å². The quantitative estimate of drug-likeness (QED) is 0.769. The molecule has 6 heteroatoms. The van der Waals surface area contributed by atoms with Crippen LogP contribution >= 0.6 is 0 Å². The molecule has 3 fully saturated rings. The van der Waals surface area contributed by atoms with Gasteiger partial charge >= 0.3 is 0 Å². The number of carbonyl (C=O) groups is 3. The first kappa shape index (κ1) is 19.9. The van der Waals surface area contributed by atoms with Gasteiger partial charge in [-0.05, 0) is 44.7 Å². The second kappa shape index (κ2) is 7.15. The van der Waals surface area contributed by atoms with E-state index in [9.17, 15) is 14.4 Å². The lowest BCUT2D eigenvalue weighted by atomic mass is 9.60. The first-order valence-electron chi connectivity index (χ1n) is 10.7. The van der Waals surface area contributed by atoms with Crippen LogP contribution in [0.15, 0.2) is 24.3 Å². The number of benzene rings is 1. The lowest BCUT2D eigenvalue weighted by Crippen LogP contribution is -2.53. The Morgan fingerprint density at radius 3 is 2.28 bits per heavy atom. The van der Waals surface area contributed by atoms with E-state index in [1.165, 1.54) is 0 Å². The van der Waals surface area contributed by atoms with Crippen LogP contribution in [0.3, 0.4) is 0 Å². The summed E-state index contributed by atoms with van der Waals surface area (Å²) in [4.78, 5) is 44.4. The predicted octanol–water partition coefficient (Wildman–Crippen LogP) is 2.32. The number of aryl methyl sites for hydroxylation is 1. The number of rotatable bonds is 2. The highest BCUT2D eigenvalue weighted by molar-refractivity contribution is 5.95. The van der Waals surface area contributed by atoms with Crippen LogP contribution in [-0.2, 0) is 9.59 Å². The highest BCUT2D eigenvalue weighted by Gasteiger charge is 2.65. The number of hydrogen-bond acceptors (Lipinski definition) is 3. The largest absolute Gasteiger partial charge is 0.342 e. The van der Waals surface area contributed by atoms with Crippen LogP contribution in [0, 0.1) is 17.8 Å². The van der Waals surface area contributed by atoms with E-state index in [2.05, 4.69) is 0 Å². The smallest absolute Gasteiger partial charge is 0.254 e. The van der Waals surface area contributed by atoms with Gasteiger partial charge in [-0.2, -0.15) is 0 Å². The molecule has 0 radical (unpaired) electrons. The third-order valence-electron chi connectivity index (χ3n) is 7.68. The number of nitrogens with zero attached hydrogens (tertiary/aromatic N) is 3. The van der Waals surface area contributed by atoms with Crippen molar-refractivity contribution in [1.29, 1.82) is 0 Å². The van der Waals surface area contributed by atoms with E-state index in [1.54, 1.807) is 6.92 Å². The van der Waals surface area contributed by atoms with Crippen molar-refractivity contribution in [2.75, 3.05) is 39.3 Å². The molecule has 1 unspecified atom stereocenters. The molecule has 1 aromatic carbocycles. The Kier molecular flexibility index (Phi) is 4.91. The Hall–Kier alpha value is -2.37. The van der Waals surface area contributed by atoms with Gasteiger partial charge in [0.2, 0.25) is 11.8 Å². The maximum atomic E-state index is 13.4. The molecular formula is C23H31N3O3. The molecule has 0 bridgehead atoms. The fourth-order valence-corrected chi connectivity index (χ4v) is 5.82. The summed E-state index contributed by atoms with van der Waals surface area (Å²) in [6, 6.07) is 7.70. The zero-order valence-electron chi connectivity index (χ0n) is 17.7. The molecule has 3 heterocycles. The molecule has 0 N–H and O–H groups in total. The Balaban J connectivity index is 1.58. The molecular weight excluding hydrogens is 366 g/mol. The number of fused-ring (bicyclic) bond motifs is 1. The summed E-state index contributed by atoms with van der Waals surface area (Å²) >= 11 is 0. The molecule has 0 aromatic heterocycles. The molecule has 29 heavy (non-hydrogen) atoms. The van der Waals surface area contributed by atoms with Crippen molar-refractivity contribution >= 4 is 17.7 Å². The Morgan fingerprint density at radius 1 is 1.00 bits per heavy atom. The normalized spacial score (nSPS) is 26.0. The number of carbonyl (C=O) groups excluding carboxylic acids is 3. The van der Waals surface area contributed by atoms with Crippen molar-refractivity contribution < 1.29 is 14.4 Å². The Labute approximate surface area is 172 Å². The average Bonchev–Trinajstić information content (AvgIpc) is 3.21. The van der Waals surface area contributed by atoms with E-state index in [1.807, 2.05) is 52.8 Å². The summed E-state index contributed by atoms with van der Waals surface area (Å²) < 4.78 is 0. The topological polar surface area (TPSA) is 60.9 Å². The minimum Gasteiger partial charge on any atom is -0.342 e. The third-order valence-corrected chi connectivity index (χ3v) is 7.68. The second-order valence-corrected chi connectivity index (χ2v) is 8.98. The van der Waals surface area contributed by atoms with Gasteiger partial charge in [-0.15, -0.1) is 0 Å². The van der Waals surface area contributed by atoms with E-state index in [4.69, 9.17) is 0 Å². The fraction of sp³-hybridized carbons (Fsp3) is 0.609. The summed E-state index contributed by atoms with van der Waals surface area (Å²) in [7, 11) is 0. The SMILES string of the molecule is CCN1CCC2(CN(C(C)=O)CC23CCN(C(=O)c2ccccc2C)CC3)C1=O. The lowest BCUT2D eigenvalue weighted by Gasteiger charge is -2.46. The maximum Gasteiger partial charge on any atom is 0.254 e. The van der Waals surface area contributed by atoms with Crippen molar-refractivity contribution in [1.82, 2.24) is 14.7 Å². The summed E-state index contributed by atoms with van der Waals surface area (Å²) in [6.45, 7) is 9.52. The number of likely N-dealkylation sites (tertiary alicyclic amines) is 3. The molecule has 1 aromatic rings. The standard InChI is InChI=1S/C23H31N3O3/c1-4-24-14-11-23(21(24)29)16-26(18(3)27)15-22(23)9-12-25(13-10-22)20(28)19-8-6-5-7-17(19)2/h5-8H,4,9-16H2,1-3H3. The molecule has 3 aliphatic heterocycles. The average molecular weight is 398 g/mol. The number of piperidine rings is 1. The van der Waals surface area contributed by atoms with Gasteiger partial charge in [-0.25, -0.2) is 0 Å². The summed E-state index contributed by atoms with van der Waals surface area (Å²) in [5, 5.41) is 0. The fourth-order valence-electron chi connectivity index (χ4n) is 5.82. The Bertz CT molecular complexity index is 844. The van der Waals surface area contributed by atoms with E-state index in [0.29, 0.717) is 32.7 Å². The van der Waals surface area contributed by atoms with Gasteiger partial charge in [0, 0.05) is 57.2 Å². The van der Waals surface area contributed by atoms with Gasteiger partial charge in [-0.3, -0.25) is 14.4 Å². The molecule has 3 amide bonds. The summed E-state index contributed by atoms with van der Waals surface area (Å²) in [5.41, 5.74) is 1.04. The van der Waals surface area contributed by atoms with Crippen LogP contribution < -0.4 is 0 Å². The number of hydrogen-bond donors (Lipinski definition) is 0. The van der Waals surface area contributed by atoms with Gasteiger partial charge in [0.1, 0.15) is 0 Å². The highest BCUT2D eigenvalue weighted by Crippen LogP contribution is 2.57. The second-order valence-electron chi connectivity index (χ2n) is 8.98. The monoisotopic (exact) mass is 397 g/mol. The molecule has 3 aliphatic rings. The van der Waals surface area contributed by atoms with Crippen molar-refractivity contribution in [2.24, 2.45) is 10.8 Å². The first-order valence-corrected chi connectivity index (χ1v) is 10.7. The minimum atomic E-state index is -0.480. The van der Waals surface area contributed by atoms with Crippen LogP contribution in [0.5, 0.6) is 0 Å². The minimum absolute atomic E-state index is 0.0439. The molecule has 4 rings (SSSR count). The van der Waals surface area contributed by atoms with Gasteiger partial charge < -0.3 is 14.7 Å². The molecule has 2 spiro atoms. The predicted molar refractivity (Wildman–Crippen MR) is 110 cm³/mol. The molecule has 6 nitrogen and oxygen atoms in total. The van der Waals surface area contributed by atoms with E-state index in [0.717, 1.165) is 36.9 Å². The molecule has 0 saturated carbocycles. The zero-order chi connectivity index (χ0) is 20.8. The summed E-state index contributed by atoms with van der Waals surface area (Å²) in [5.74, 6) is 0.325. The van der Waals surface area contributed by atoms with Crippen LogP contribution in [-0.4, -0.2) is 71.7 Å². The number of amides is 3. The van der Waals surface area contributed by atoms with Gasteiger partial charge in [0.05, 0.1) is 5.41 Å². The van der Waals surface area contributed by atoms with Crippen molar-refractivity contribution in [2.45, 2.75) is 40.0 Å². The van der Waals surface area contributed by atoms with Crippen LogP contribution in [0.1, 0.15) is 49.0 Å². The van der Waals surface area contributed by atoms with Gasteiger partial charge in [0.25, 0.3) is 5.91 Å². The van der Waals surface area contributed by atoms with Crippen LogP contribution in [0.25, 0.3) is 0 Å². The van der Waals surface area contributed by atoms with Crippen molar-refractivity contribution in [3.63, 3.8) is 0 Å². The van der Waals surface area contributed by atoms with Gasteiger partial charge in [-0.1, -0.05) is 18.2 Å². The zero-order valence-corrected chi connectivity index (χ0v) is 17.7. The van der Waals surface area contributed by atoms with Crippen molar-refractivity contribution in [3.05, 3.63) is 35.4 Å². The lowest BCUT2D eigenvalue weighted by molar-refractivity contribution is -0.141. The molecule has 3 saturated heterocycles. The van der Waals surface area contributed by atoms with Gasteiger partial charge in [0.15, 0.2) is 0 Å². The van der Waals surface area contributed by atoms with E-state index in [-0.39, 0.29) is 23.1 Å². The molecule has 156 valence electrons. The molecule has 1 atom stereocenters.